The molecule has 0 bridgehead atoms. The molecule has 6 heteroatoms. The summed E-state index contributed by atoms with van der Waals surface area (Å²) in [7, 11) is 0. The summed E-state index contributed by atoms with van der Waals surface area (Å²) in [5.41, 5.74) is 2.48. The molecular formula is C22H19FN2O3. The van der Waals surface area contributed by atoms with E-state index < -0.39 is 5.97 Å². The van der Waals surface area contributed by atoms with Crippen molar-refractivity contribution in [2.45, 2.75) is 13.8 Å². The summed E-state index contributed by atoms with van der Waals surface area (Å²) in [5.74, 6) is -0.626. The molecule has 0 radical (unpaired) electrons. The molecule has 2 aromatic carbocycles. The highest BCUT2D eigenvalue weighted by Crippen LogP contribution is 2.36. The molecule has 0 aliphatic carbocycles. The van der Waals surface area contributed by atoms with Crippen LogP contribution in [-0.2, 0) is 0 Å². The summed E-state index contributed by atoms with van der Waals surface area (Å²) in [4.78, 5) is 16.3. The van der Waals surface area contributed by atoms with Gasteiger partial charge in [0.15, 0.2) is 0 Å². The molecule has 4 rings (SSSR count). The molecule has 2 heterocycles. The van der Waals surface area contributed by atoms with E-state index in [9.17, 15) is 14.3 Å². The monoisotopic (exact) mass is 378 g/mol. The number of anilines is 1. The second-order valence-corrected chi connectivity index (χ2v) is 7.15. The first kappa shape index (κ1) is 18.0. The minimum Gasteiger partial charge on any atom is -0.478 e. The second-order valence-electron chi connectivity index (χ2n) is 7.15. The lowest BCUT2D eigenvalue weighted by Gasteiger charge is -2.12. The van der Waals surface area contributed by atoms with Crippen molar-refractivity contribution in [2.24, 2.45) is 5.92 Å². The first-order chi connectivity index (χ1) is 13.4. The number of aromatic nitrogens is 1. The van der Waals surface area contributed by atoms with Gasteiger partial charge in [-0.05, 0) is 48.4 Å². The molecule has 0 saturated heterocycles. The minimum atomic E-state index is -1.07. The van der Waals surface area contributed by atoms with Crippen LogP contribution in [0.1, 0.15) is 24.2 Å². The van der Waals surface area contributed by atoms with E-state index in [1.807, 2.05) is 6.07 Å². The third-order valence-corrected chi connectivity index (χ3v) is 4.53. The Labute approximate surface area is 160 Å². The molecule has 28 heavy (non-hydrogen) atoms. The Hall–Kier alpha value is -3.41. The van der Waals surface area contributed by atoms with E-state index in [-0.39, 0.29) is 11.4 Å². The zero-order valence-electron chi connectivity index (χ0n) is 15.5. The average molecular weight is 378 g/mol. The van der Waals surface area contributed by atoms with Gasteiger partial charge in [-0.15, -0.1) is 0 Å². The van der Waals surface area contributed by atoms with Gasteiger partial charge in [-0.2, -0.15) is 0 Å². The van der Waals surface area contributed by atoms with Gasteiger partial charge in [0.1, 0.15) is 17.2 Å². The number of carboxylic acid groups (broad SMARTS) is 1. The van der Waals surface area contributed by atoms with Crippen molar-refractivity contribution in [2.75, 3.05) is 11.9 Å². The molecule has 0 aliphatic heterocycles. The van der Waals surface area contributed by atoms with Crippen LogP contribution < -0.4 is 5.32 Å². The molecule has 0 amide bonds. The van der Waals surface area contributed by atoms with Crippen LogP contribution in [-0.4, -0.2) is 22.6 Å². The van der Waals surface area contributed by atoms with Crippen molar-refractivity contribution < 1.29 is 18.7 Å². The van der Waals surface area contributed by atoms with E-state index in [4.69, 9.17) is 4.42 Å². The van der Waals surface area contributed by atoms with Gasteiger partial charge >= 0.3 is 5.97 Å². The highest BCUT2D eigenvalue weighted by Gasteiger charge is 2.20. The fourth-order valence-corrected chi connectivity index (χ4v) is 3.20. The lowest BCUT2D eigenvalue weighted by atomic mass is 9.99. The largest absolute Gasteiger partial charge is 0.478 e. The zero-order valence-corrected chi connectivity index (χ0v) is 15.5. The van der Waals surface area contributed by atoms with Gasteiger partial charge in [-0.25, -0.2) is 9.18 Å². The Morgan fingerprint density at radius 1 is 1.21 bits per heavy atom. The van der Waals surface area contributed by atoms with Crippen LogP contribution in [0.15, 0.2) is 53.1 Å². The van der Waals surface area contributed by atoms with Gasteiger partial charge in [0, 0.05) is 22.9 Å². The van der Waals surface area contributed by atoms with Crippen LogP contribution in [0.4, 0.5) is 10.1 Å². The molecule has 0 saturated carbocycles. The van der Waals surface area contributed by atoms with Crippen LogP contribution in [0.5, 0.6) is 0 Å². The van der Waals surface area contributed by atoms with Gasteiger partial charge in [-0.1, -0.05) is 13.8 Å². The lowest BCUT2D eigenvalue weighted by molar-refractivity contribution is 0.0697. The summed E-state index contributed by atoms with van der Waals surface area (Å²) in [5, 5.41) is 14.3. The molecule has 0 fully saturated rings. The molecule has 0 atom stereocenters. The fourth-order valence-electron chi connectivity index (χ4n) is 3.20. The average Bonchev–Trinajstić information content (AvgIpc) is 3.07. The van der Waals surface area contributed by atoms with Crippen LogP contribution in [0.2, 0.25) is 0 Å². The topological polar surface area (TPSA) is 75.4 Å². The number of benzene rings is 2. The fraction of sp³-hybridized carbons (Fsp3) is 0.182. The predicted octanol–water partition coefficient (Wildman–Crippen LogP) is 5.55. The Morgan fingerprint density at radius 3 is 2.79 bits per heavy atom. The predicted molar refractivity (Wildman–Crippen MR) is 107 cm³/mol. The van der Waals surface area contributed by atoms with E-state index in [2.05, 4.69) is 24.1 Å². The van der Waals surface area contributed by atoms with E-state index in [1.165, 1.54) is 24.3 Å². The zero-order chi connectivity index (χ0) is 19.8. The number of furan rings is 1. The molecule has 5 nitrogen and oxygen atoms in total. The first-order valence-corrected chi connectivity index (χ1v) is 9.02. The van der Waals surface area contributed by atoms with Gasteiger partial charge in [0.25, 0.3) is 0 Å². The molecular weight excluding hydrogens is 359 g/mol. The highest BCUT2D eigenvalue weighted by atomic mass is 19.1. The van der Waals surface area contributed by atoms with Crippen molar-refractivity contribution in [3.05, 3.63) is 60.0 Å². The molecule has 0 aliphatic rings. The maximum absolute atomic E-state index is 13.6. The quantitative estimate of drug-likeness (QED) is 0.476. The summed E-state index contributed by atoms with van der Waals surface area (Å²) in [6.45, 7) is 4.97. The number of aromatic carboxylic acids is 1. The standard InChI is InChI=1S/C22H19FN2O3/c1-12(2)10-24-15-9-17-18(25-11-15)5-4-16(22(26)27)21(17)20-8-13-7-14(23)3-6-19(13)28-20/h3-9,11-12,24H,10H2,1-2H3,(H,26,27). The Bertz CT molecular complexity index is 1200. The molecule has 0 spiro atoms. The van der Waals surface area contributed by atoms with Gasteiger partial charge < -0.3 is 14.8 Å². The van der Waals surface area contributed by atoms with Crippen LogP contribution in [0, 0.1) is 11.7 Å². The number of nitrogens with zero attached hydrogens (tertiary/aromatic N) is 1. The summed E-state index contributed by atoms with van der Waals surface area (Å²) >= 11 is 0. The number of fused-ring (bicyclic) bond motifs is 2. The number of rotatable bonds is 5. The number of hydrogen-bond donors (Lipinski definition) is 2. The number of halogens is 1. The third kappa shape index (κ3) is 3.29. The van der Waals surface area contributed by atoms with E-state index in [1.54, 1.807) is 18.3 Å². The third-order valence-electron chi connectivity index (χ3n) is 4.53. The summed E-state index contributed by atoms with van der Waals surface area (Å²) < 4.78 is 19.4. The highest BCUT2D eigenvalue weighted by molar-refractivity contribution is 6.07. The van der Waals surface area contributed by atoms with Gasteiger partial charge in [0.2, 0.25) is 0 Å². The minimum absolute atomic E-state index is 0.106. The molecule has 2 aromatic heterocycles. The Balaban J connectivity index is 1.95. The number of carbonyl (C=O) groups is 1. The lowest BCUT2D eigenvalue weighted by Crippen LogP contribution is -2.08. The number of pyridine rings is 1. The van der Waals surface area contributed by atoms with E-state index >= 15 is 0 Å². The van der Waals surface area contributed by atoms with Crippen LogP contribution >= 0.6 is 0 Å². The Morgan fingerprint density at radius 2 is 2.04 bits per heavy atom. The van der Waals surface area contributed by atoms with Crippen molar-refractivity contribution in [1.82, 2.24) is 4.98 Å². The summed E-state index contributed by atoms with van der Waals surface area (Å²) in [6.07, 6.45) is 1.73. The second kappa shape index (κ2) is 6.96. The maximum Gasteiger partial charge on any atom is 0.336 e. The first-order valence-electron chi connectivity index (χ1n) is 9.02. The molecule has 4 aromatic rings. The molecule has 0 unspecified atom stereocenters. The molecule has 2 N–H and O–H groups in total. The summed E-state index contributed by atoms with van der Waals surface area (Å²) in [6, 6.07) is 10.9. The maximum atomic E-state index is 13.6. The van der Waals surface area contributed by atoms with E-state index in [0.29, 0.717) is 39.1 Å². The van der Waals surface area contributed by atoms with Crippen LogP contribution in [0.25, 0.3) is 33.2 Å². The van der Waals surface area contributed by atoms with Crippen molar-refractivity contribution in [1.29, 1.82) is 0 Å². The number of hydrogen-bond acceptors (Lipinski definition) is 4. The Kier molecular flexibility index (Phi) is 4.47. The number of carboxylic acids is 1. The van der Waals surface area contributed by atoms with Crippen LogP contribution in [0.3, 0.4) is 0 Å². The van der Waals surface area contributed by atoms with E-state index in [0.717, 1.165) is 12.2 Å². The van der Waals surface area contributed by atoms with Gasteiger partial charge in [0.05, 0.1) is 23.0 Å². The van der Waals surface area contributed by atoms with Crippen molar-refractivity contribution in [3.8, 4) is 11.3 Å². The molecule has 142 valence electrons. The normalized spacial score (nSPS) is 11.4. The van der Waals surface area contributed by atoms with Crippen molar-refractivity contribution >= 4 is 33.5 Å². The number of nitrogens with one attached hydrogen (secondary N) is 1. The smallest absolute Gasteiger partial charge is 0.336 e. The SMILES string of the molecule is CC(C)CNc1cnc2ccc(C(=O)O)c(-c3cc4cc(F)ccc4o3)c2c1. The van der Waals surface area contributed by atoms with Crippen molar-refractivity contribution in [3.63, 3.8) is 0 Å². The van der Waals surface area contributed by atoms with Gasteiger partial charge in [-0.3, -0.25) is 4.98 Å².